The largest absolute Gasteiger partial charge is 0.504 e. The van der Waals surface area contributed by atoms with Gasteiger partial charge in [-0.15, -0.1) is 0 Å². The summed E-state index contributed by atoms with van der Waals surface area (Å²) in [6, 6.07) is 6.93. The molecular weight excluding hydrogens is 216 g/mol. The van der Waals surface area contributed by atoms with E-state index in [1.165, 1.54) is 0 Å². The number of phenolic OH excluding ortho intramolecular Hbond substituents is 1. The van der Waals surface area contributed by atoms with E-state index >= 15 is 0 Å². The summed E-state index contributed by atoms with van der Waals surface area (Å²) >= 11 is 0. The van der Waals surface area contributed by atoms with Crippen LogP contribution in [0.25, 0.3) is 0 Å². The van der Waals surface area contributed by atoms with Crippen LogP contribution in [-0.4, -0.2) is 22.9 Å². The lowest BCUT2D eigenvalue weighted by Gasteiger charge is -2.11. The maximum atomic E-state index is 9.63. The van der Waals surface area contributed by atoms with Gasteiger partial charge in [-0.1, -0.05) is 31.9 Å². The first-order valence-electron chi connectivity index (χ1n) is 6.33. The van der Waals surface area contributed by atoms with Gasteiger partial charge in [0.15, 0.2) is 11.5 Å². The molecule has 3 heteroatoms. The number of hydrogen-bond donors (Lipinski definition) is 2. The molecule has 0 saturated carbocycles. The van der Waals surface area contributed by atoms with E-state index < -0.39 is 0 Å². The third kappa shape index (κ3) is 5.59. The molecule has 0 radical (unpaired) electrons. The number of aliphatic hydroxyl groups is 1. The summed E-state index contributed by atoms with van der Waals surface area (Å²) in [5.41, 5.74) is 0. The van der Waals surface area contributed by atoms with E-state index in [0.29, 0.717) is 12.4 Å². The molecule has 0 saturated heterocycles. The van der Waals surface area contributed by atoms with Gasteiger partial charge < -0.3 is 14.9 Å². The van der Waals surface area contributed by atoms with Crippen molar-refractivity contribution in [3.8, 4) is 11.5 Å². The average molecular weight is 238 g/mol. The second-order valence-electron chi connectivity index (χ2n) is 4.25. The molecule has 0 heterocycles. The summed E-state index contributed by atoms with van der Waals surface area (Å²) in [4.78, 5) is 0. The molecule has 17 heavy (non-hydrogen) atoms. The Hall–Kier alpha value is -1.22. The molecule has 0 aliphatic heterocycles. The number of rotatable bonds is 8. The van der Waals surface area contributed by atoms with Crippen LogP contribution in [-0.2, 0) is 0 Å². The Morgan fingerprint density at radius 1 is 1.18 bits per heavy atom. The van der Waals surface area contributed by atoms with Crippen LogP contribution in [0.3, 0.4) is 0 Å². The highest BCUT2D eigenvalue weighted by Crippen LogP contribution is 2.24. The fourth-order valence-electron chi connectivity index (χ4n) is 1.66. The highest BCUT2D eigenvalue weighted by Gasteiger charge is 2.04. The van der Waals surface area contributed by atoms with Crippen molar-refractivity contribution < 1.29 is 14.9 Å². The lowest BCUT2D eigenvalue weighted by atomic mass is 10.1. The lowest BCUT2D eigenvalue weighted by molar-refractivity contribution is 0.140. The maximum absolute atomic E-state index is 9.63. The Labute approximate surface area is 103 Å². The third-order valence-electron chi connectivity index (χ3n) is 2.70. The molecule has 0 aliphatic carbocycles. The molecule has 0 spiro atoms. The van der Waals surface area contributed by atoms with Gasteiger partial charge in [0.2, 0.25) is 0 Å². The van der Waals surface area contributed by atoms with Crippen molar-refractivity contribution in [2.24, 2.45) is 0 Å². The van der Waals surface area contributed by atoms with Crippen molar-refractivity contribution >= 4 is 0 Å². The van der Waals surface area contributed by atoms with Crippen molar-refractivity contribution in [1.82, 2.24) is 0 Å². The van der Waals surface area contributed by atoms with Crippen molar-refractivity contribution in [2.45, 2.75) is 45.1 Å². The van der Waals surface area contributed by atoms with Crippen LogP contribution in [0, 0.1) is 0 Å². The Bertz CT molecular complexity index is 312. The Morgan fingerprint density at radius 3 is 2.59 bits per heavy atom. The summed E-state index contributed by atoms with van der Waals surface area (Å²) in [6.07, 6.45) is 4.40. The van der Waals surface area contributed by atoms with E-state index in [1.54, 1.807) is 18.2 Å². The lowest BCUT2D eigenvalue weighted by Crippen LogP contribution is -2.08. The molecule has 0 fully saturated rings. The van der Waals surface area contributed by atoms with Crippen LogP contribution < -0.4 is 4.74 Å². The molecule has 0 amide bonds. The van der Waals surface area contributed by atoms with Gasteiger partial charge in [0, 0.05) is 0 Å². The van der Waals surface area contributed by atoms with Gasteiger partial charge in [-0.3, -0.25) is 0 Å². The van der Waals surface area contributed by atoms with Crippen LogP contribution in [0.2, 0.25) is 0 Å². The highest BCUT2D eigenvalue weighted by atomic mass is 16.5. The third-order valence-corrected chi connectivity index (χ3v) is 2.70. The SMILES string of the molecule is CCCCC(O)CCCOc1ccccc1O. The van der Waals surface area contributed by atoms with E-state index in [0.717, 1.165) is 32.1 Å². The number of unbranched alkanes of at least 4 members (excludes halogenated alkanes) is 1. The molecule has 96 valence electrons. The fraction of sp³-hybridized carbons (Fsp3) is 0.571. The van der Waals surface area contributed by atoms with Gasteiger partial charge in [0.1, 0.15) is 0 Å². The van der Waals surface area contributed by atoms with E-state index in [9.17, 15) is 10.2 Å². The fourth-order valence-corrected chi connectivity index (χ4v) is 1.66. The number of aliphatic hydroxyl groups excluding tert-OH is 1. The highest BCUT2D eigenvalue weighted by molar-refractivity contribution is 5.37. The van der Waals surface area contributed by atoms with Gasteiger partial charge in [0.05, 0.1) is 12.7 Å². The van der Waals surface area contributed by atoms with Crippen molar-refractivity contribution in [3.05, 3.63) is 24.3 Å². The zero-order valence-corrected chi connectivity index (χ0v) is 10.4. The van der Waals surface area contributed by atoms with Crippen LogP contribution in [0.1, 0.15) is 39.0 Å². The first-order chi connectivity index (χ1) is 8.24. The molecular formula is C14H22O3. The number of phenols is 1. The minimum atomic E-state index is -0.220. The normalized spacial score (nSPS) is 12.4. The average Bonchev–Trinajstić information content (AvgIpc) is 2.34. The van der Waals surface area contributed by atoms with Crippen molar-refractivity contribution in [1.29, 1.82) is 0 Å². The van der Waals surface area contributed by atoms with Crippen LogP contribution >= 0.6 is 0 Å². The summed E-state index contributed by atoms with van der Waals surface area (Å²) < 4.78 is 5.43. The Balaban J connectivity index is 2.14. The maximum Gasteiger partial charge on any atom is 0.160 e. The Kier molecular flexibility index (Phi) is 6.48. The smallest absolute Gasteiger partial charge is 0.160 e. The molecule has 1 unspecified atom stereocenters. The van der Waals surface area contributed by atoms with Gasteiger partial charge in [-0.2, -0.15) is 0 Å². The van der Waals surface area contributed by atoms with Crippen molar-refractivity contribution in [3.63, 3.8) is 0 Å². The van der Waals surface area contributed by atoms with Crippen molar-refractivity contribution in [2.75, 3.05) is 6.61 Å². The number of aromatic hydroxyl groups is 1. The van der Waals surface area contributed by atoms with E-state index in [-0.39, 0.29) is 11.9 Å². The predicted molar refractivity (Wildman–Crippen MR) is 68.4 cm³/mol. The van der Waals surface area contributed by atoms with Crippen LogP contribution in [0.5, 0.6) is 11.5 Å². The Morgan fingerprint density at radius 2 is 1.88 bits per heavy atom. The van der Waals surface area contributed by atoms with Gasteiger partial charge in [-0.25, -0.2) is 0 Å². The molecule has 0 bridgehead atoms. The zero-order chi connectivity index (χ0) is 12.5. The summed E-state index contributed by atoms with van der Waals surface area (Å²) in [6.45, 7) is 2.65. The van der Waals surface area contributed by atoms with Crippen LogP contribution in [0.15, 0.2) is 24.3 Å². The molecule has 1 aromatic carbocycles. The van der Waals surface area contributed by atoms with Gasteiger partial charge in [0.25, 0.3) is 0 Å². The molecule has 1 rings (SSSR count). The molecule has 1 aromatic rings. The molecule has 1 atom stereocenters. The molecule has 0 aromatic heterocycles. The quantitative estimate of drug-likeness (QED) is 0.684. The minimum Gasteiger partial charge on any atom is -0.504 e. The van der Waals surface area contributed by atoms with Gasteiger partial charge >= 0.3 is 0 Å². The minimum absolute atomic E-state index is 0.166. The second-order valence-corrected chi connectivity index (χ2v) is 4.25. The molecule has 0 aliphatic rings. The van der Waals surface area contributed by atoms with Crippen LogP contribution in [0.4, 0.5) is 0 Å². The monoisotopic (exact) mass is 238 g/mol. The van der Waals surface area contributed by atoms with E-state index in [2.05, 4.69) is 6.92 Å². The summed E-state index contributed by atoms with van der Waals surface area (Å²) in [5, 5.41) is 19.1. The first-order valence-corrected chi connectivity index (χ1v) is 6.33. The number of para-hydroxylation sites is 2. The first kappa shape index (κ1) is 13.8. The second kappa shape index (κ2) is 7.96. The summed E-state index contributed by atoms with van der Waals surface area (Å²) in [5.74, 6) is 0.676. The van der Waals surface area contributed by atoms with E-state index in [1.807, 2.05) is 6.07 Å². The topological polar surface area (TPSA) is 49.7 Å². The summed E-state index contributed by atoms with van der Waals surface area (Å²) in [7, 11) is 0. The predicted octanol–water partition coefficient (Wildman–Crippen LogP) is 3.10. The van der Waals surface area contributed by atoms with Gasteiger partial charge in [-0.05, 0) is 31.4 Å². The number of hydrogen-bond acceptors (Lipinski definition) is 3. The molecule has 2 N–H and O–H groups in total. The van der Waals surface area contributed by atoms with E-state index in [4.69, 9.17) is 4.74 Å². The standard InChI is InChI=1S/C14H22O3/c1-2-3-7-12(15)8-6-11-17-14-10-5-4-9-13(14)16/h4-5,9-10,12,15-16H,2-3,6-8,11H2,1H3. The number of benzene rings is 1. The zero-order valence-electron chi connectivity index (χ0n) is 10.4. The molecule has 3 nitrogen and oxygen atoms in total. The number of ether oxygens (including phenoxy) is 1.